The maximum atomic E-state index is 13.0. The second-order valence-electron chi connectivity index (χ2n) is 7.58. The number of para-hydroxylation sites is 1. The molecule has 1 fully saturated rings. The highest BCUT2D eigenvalue weighted by Gasteiger charge is 2.26. The van der Waals surface area contributed by atoms with Gasteiger partial charge in [-0.25, -0.2) is 4.68 Å². The number of ether oxygens (including phenoxy) is 1. The van der Waals surface area contributed by atoms with Crippen molar-refractivity contribution in [1.82, 2.24) is 14.7 Å². The summed E-state index contributed by atoms with van der Waals surface area (Å²) < 4.78 is 7.23. The van der Waals surface area contributed by atoms with Gasteiger partial charge < -0.3 is 9.64 Å². The normalized spacial score (nSPS) is 16.3. The molecule has 0 spiro atoms. The maximum absolute atomic E-state index is 13.0. The molecule has 1 aliphatic rings. The molecule has 0 radical (unpaired) electrons. The summed E-state index contributed by atoms with van der Waals surface area (Å²) in [6, 6.07) is 22.3. The van der Waals surface area contributed by atoms with Crippen molar-refractivity contribution >= 4 is 5.91 Å². The van der Waals surface area contributed by atoms with Gasteiger partial charge in [0.15, 0.2) is 0 Å². The van der Waals surface area contributed by atoms with Crippen molar-refractivity contribution in [3.05, 3.63) is 94.4 Å². The van der Waals surface area contributed by atoms with E-state index in [2.05, 4.69) is 5.10 Å². The average molecular weight is 403 g/mol. The summed E-state index contributed by atoms with van der Waals surface area (Å²) in [4.78, 5) is 27.1. The maximum Gasteiger partial charge on any atom is 0.274 e. The zero-order valence-corrected chi connectivity index (χ0v) is 16.8. The van der Waals surface area contributed by atoms with Crippen LogP contribution < -0.4 is 10.3 Å². The number of amides is 1. The molecule has 0 aliphatic carbocycles. The first kappa shape index (κ1) is 19.9. The fourth-order valence-corrected chi connectivity index (χ4v) is 3.71. The van der Waals surface area contributed by atoms with Gasteiger partial charge in [-0.05, 0) is 36.6 Å². The van der Waals surface area contributed by atoms with Crippen LogP contribution in [-0.4, -0.2) is 40.3 Å². The first-order valence-electron chi connectivity index (χ1n) is 10.3. The molecule has 0 saturated carbocycles. The number of rotatable bonds is 6. The van der Waals surface area contributed by atoms with Crippen LogP contribution >= 0.6 is 0 Å². The number of aromatic nitrogens is 2. The lowest BCUT2D eigenvalue weighted by Gasteiger charge is -2.32. The van der Waals surface area contributed by atoms with E-state index in [1.54, 1.807) is 0 Å². The van der Waals surface area contributed by atoms with E-state index < -0.39 is 0 Å². The SMILES string of the molecule is O=C(c1ccc(=O)n(Cc2ccccc2)n1)N1CCCC(COc2ccccc2)C1. The van der Waals surface area contributed by atoms with Gasteiger partial charge in [-0.3, -0.25) is 9.59 Å². The topological polar surface area (TPSA) is 64.4 Å². The Labute approximate surface area is 175 Å². The predicted molar refractivity (Wildman–Crippen MR) is 115 cm³/mol. The molecule has 1 amide bonds. The largest absolute Gasteiger partial charge is 0.493 e. The third-order valence-corrected chi connectivity index (χ3v) is 5.30. The van der Waals surface area contributed by atoms with Gasteiger partial charge in [0.2, 0.25) is 0 Å². The molecule has 1 unspecified atom stereocenters. The van der Waals surface area contributed by atoms with Crippen LogP contribution in [0.25, 0.3) is 0 Å². The monoisotopic (exact) mass is 403 g/mol. The standard InChI is InChI=1S/C24H25N3O3/c28-23-14-13-22(25-27(23)17-19-8-3-1-4-9-19)24(29)26-15-7-10-20(16-26)18-30-21-11-5-2-6-12-21/h1-6,8-9,11-14,20H,7,10,15-18H2. The van der Waals surface area contributed by atoms with Gasteiger partial charge in [-0.15, -0.1) is 0 Å². The average Bonchev–Trinajstić information content (AvgIpc) is 2.80. The van der Waals surface area contributed by atoms with Crippen molar-refractivity contribution in [2.75, 3.05) is 19.7 Å². The number of nitrogens with zero attached hydrogens (tertiary/aromatic N) is 3. The number of hydrogen-bond donors (Lipinski definition) is 0. The molecule has 154 valence electrons. The second-order valence-corrected chi connectivity index (χ2v) is 7.58. The van der Waals surface area contributed by atoms with Gasteiger partial charge in [0.1, 0.15) is 11.4 Å². The molecule has 0 N–H and O–H groups in total. The minimum Gasteiger partial charge on any atom is -0.493 e. The molecule has 6 nitrogen and oxygen atoms in total. The molecule has 3 aromatic rings. The highest BCUT2D eigenvalue weighted by atomic mass is 16.5. The quantitative estimate of drug-likeness (QED) is 0.634. The molecule has 2 heterocycles. The molecule has 1 saturated heterocycles. The van der Waals surface area contributed by atoms with Crippen molar-refractivity contribution in [3.8, 4) is 5.75 Å². The Morgan fingerprint density at radius 2 is 1.73 bits per heavy atom. The number of carbonyl (C=O) groups excluding carboxylic acids is 1. The number of piperidine rings is 1. The molecule has 1 aliphatic heterocycles. The Kier molecular flexibility index (Phi) is 6.23. The number of hydrogen-bond acceptors (Lipinski definition) is 4. The molecule has 1 atom stereocenters. The van der Waals surface area contributed by atoms with E-state index in [0.29, 0.717) is 31.9 Å². The van der Waals surface area contributed by atoms with Gasteiger partial charge >= 0.3 is 0 Å². The van der Waals surface area contributed by atoms with Crippen LogP contribution in [0.5, 0.6) is 5.75 Å². The van der Waals surface area contributed by atoms with Gasteiger partial charge in [0.05, 0.1) is 13.2 Å². The van der Waals surface area contributed by atoms with E-state index in [-0.39, 0.29) is 17.4 Å². The van der Waals surface area contributed by atoms with Crippen molar-refractivity contribution in [2.45, 2.75) is 19.4 Å². The zero-order chi connectivity index (χ0) is 20.8. The fraction of sp³-hybridized carbons (Fsp3) is 0.292. The van der Waals surface area contributed by atoms with Crippen LogP contribution in [0.2, 0.25) is 0 Å². The van der Waals surface area contributed by atoms with Crippen molar-refractivity contribution in [3.63, 3.8) is 0 Å². The molecular formula is C24H25N3O3. The predicted octanol–water partition coefficient (Wildman–Crippen LogP) is 3.22. The number of benzene rings is 2. The number of carbonyl (C=O) groups is 1. The second kappa shape index (κ2) is 9.39. The summed E-state index contributed by atoms with van der Waals surface area (Å²) in [6.45, 7) is 2.24. The minimum atomic E-state index is -0.219. The van der Waals surface area contributed by atoms with E-state index in [1.165, 1.54) is 16.8 Å². The Morgan fingerprint density at radius 3 is 2.50 bits per heavy atom. The Balaban J connectivity index is 1.42. The first-order valence-corrected chi connectivity index (χ1v) is 10.3. The molecule has 30 heavy (non-hydrogen) atoms. The molecular weight excluding hydrogens is 378 g/mol. The van der Waals surface area contributed by atoms with Crippen molar-refractivity contribution in [1.29, 1.82) is 0 Å². The Hall–Kier alpha value is -3.41. The minimum absolute atomic E-state index is 0.138. The Morgan fingerprint density at radius 1 is 1.00 bits per heavy atom. The Bertz CT molecular complexity index is 1030. The zero-order valence-electron chi connectivity index (χ0n) is 16.8. The van der Waals surface area contributed by atoms with Gasteiger partial charge in [-0.2, -0.15) is 5.10 Å². The summed E-state index contributed by atoms with van der Waals surface area (Å²) >= 11 is 0. The molecule has 1 aromatic heterocycles. The lowest BCUT2D eigenvalue weighted by molar-refractivity contribution is 0.0625. The molecule has 0 bridgehead atoms. The third kappa shape index (κ3) is 4.95. The summed E-state index contributed by atoms with van der Waals surface area (Å²) in [6.07, 6.45) is 1.95. The summed E-state index contributed by atoms with van der Waals surface area (Å²) in [5.41, 5.74) is 1.05. The lowest BCUT2D eigenvalue weighted by Crippen LogP contribution is -2.42. The first-order chi connectivity index (χ1) is 14.7. The highest BCUT2D eigenvalue weighted by Crippen LogP contribution is 2.20. The van der Waals surface area contributed by atoms with E-state index in [4.69, 9.17) is 4.74 Å². The smallest absolute Gasteiger partial charge is 0.274 e. The van der Waals surface area contributed by atoms with Crippen LogP contribution in [0.4, 0.5) is 0 Å². The molecule has 4 rings (SSSR count). The lowest BCUT2D eigenvalue weighted by atomic mass is 9.98. The summed E-state index contributed by atoms with van der Waals surface area (Å²) in [5, 5.41) is 4.34. The van der Waals surface area contributed by atoms with Crippen LogP contribution in [-0.2, 0) is 6.54 Å². The van der Waals surface area contributed by atoms with Crippen LogP contribution in [0.1, 0.15) is 28.9 Å². The highest BCUT2D eigenvalue weighted by molar-refractivity contribution is 5.92. The number of likely N-dealkylation sites (tertiary alicyclic amines) is 1. The van der Waals surface area contributed by atoms with E-state index >= 15 is 0 Å². The molecule has 2 aromatic carbocycles. The van der Waals surface area contributed by atoms with E-state index in [1.807, 2.05) is 65.6 Å². The summed E-state index contributed by atoms with van der Waals surface area (Å²) in [5.74, 6) is 0.981. The van der Waals surface area contributed by atoms with Gasteiger partial charge in [0, 0.05) is 25.1 Å². The van der Waals surface area contributed by atoms with Crippen LogP contribution in [0.3, 0.4) is 0 Å². The summed E-state index contributed by atoms with van der Waals surface area (Å²) in [7, 11) is 0. The van der Waals surface area contributed by atoms with Crippen molar-refractivity contribution in [2.24, 2.45) is 5.92 Å². The van der Waals surface area contributed by atoms with Gasteiger partial charge in [-0.1, -0.05) is 48.5 Å². The van der Waals surface area contributed by atoms with E-state index in [0.717, 1.165) is 24.2 Å². The van der Waals surface area contributed by atoms with Crippen LogP contribution in [0.15, 0.2) is 77.6 Å². The van der Waals surface area contributed by atoms with Gasteiger partial charge in [0.25, 0.3) is 11.5 Å². The fourth-order valence-electron chi connectivity index (χ4n) is 3.71. The van der Waals surface area contributed by atoms with Crippen LogP contribution in [0, 0.1) is 5.92 Å². The van der Waals surface area contributed by atoms with E-state index in [9.17, 15) is 9.59 Å². The van der Waals surface area contributed by atoms with Crippen molar-refractivity contribution < 1.29 is 9.53 Å². The third-order valence-electron chi connectivity index (χ3n) is 5.30. The molecule has 6 heteroatoms.